The summed E-state index contributed by atoms with van der Waals surface area (Å²) in [6, 6.07) is -0.687. The first-order valence-electron chi connectivity index (χ1n) is 6.64. The van der Waals surface area contributed by atoms with E-state index in [9.17, 15) is 15.0 Å². The Balaban J connectivity index is 2.96. The Bertz CT molecular complexity index is 374. The zero-order valence-electron chi connectivity index (χ0n) is 12.8. The van der Waals surface area contributed by atoms with Crippen LogP contribution in [-0.4, -0.2) is 57.4 Å². The van der Waals surface area contributed by atoms with E-state index >= 15 is 0 Å². The third-order valence-electron chi connectivity index (χ3n) is 3.09. The van der Waals surface area contributed by atoms with E-state index < -0.39 is 35.7 Å². The van der Waals surface area contributed by atoms with Crippen molar-refractivity contribution in [2.24, 2.45) is 0 Å². The molecule has 0 bridgehead atoms. The lowest BCUT2D eigenvalue weighted by Crippen LogP contribution is -2.55. The van der Waals surface area contributed by atoms with Gasteiger partial charge in [0.2, 0.25) is 0 Å². The maximum absolute atomic E-state index is 12.3. The average molecular weight is 287 g/mol. The summed E-state index contributed by atoms with van der Waals surface area (Å²) in [5.74, 6) is 0. The van der Waals surface area contributed by atoms with E-state index in [1.165, 1.54) is 11.0 Å². The molecule has 0 aromatic heterocycles. The van der Waals surface area contributed by atoms with Gasteiger partial charge in [-0.15, -0.1) is 6.58 Å². The number of ether oxygens (including phenoxy) is 2. The van der Waals surface area contributed by atoms with E-state index in [-0.39, 0.29) is 6.61 Å². The molecule has 1 aliphatic heterocycles. The van der Waals surface area contributed by atoms with Gasteiger partial charge in [0, 0.05) is 0 Å². The predicted octanol–water partition coefficient (Wildman–Crippen LogP) is 1.27. The minimum Gasteiger partial charge on any atom is -0.444 e. The van der Waals surface area contributed by atoms with Gasteiger partial charge < -0.3 is 19.7 Å². The highest BCUT2D eigenvalue weighted by Gasteiger charge is 2.49. The second-order valence-electron chi connectivity index (χ2n) is 6.39. The maximum Gasteiger partial charge on any atom is 0.412 e. The number of nitrogens with zero attached hydrogens (tertiary/aromatic N) is 1. The molecule has 2 N–H and O–H groups in total. The molecule has 116 valence electrons. The highest BCUT2D eigenvalue weighted by molar-refractivity contribution is 5.70. The smallest absolute Gasteiger partial charge is 0.412 e. The first-order chi connectivity index (χ1) is 8.99. The SMILES string of the molecule is C=C[C@H](O)[C@H](O)[C@H]1COC(C)(C)N1C(=O)OC(C)(C)C. The normalized spacial score (nSPS) is 25.1. The molecule has 1 amide bonds. The van der Waals surface area contributed by atoms with Gasteiger partial charge in [-0.2, -0.15) is 0 Å². The van der Waals surface area contributed by atoms with Gasteiger partial charge in [0.1, 0.15) is 17.4 Å². The van der Waals surface area contributed by atoms with Gasteiger partial charge >= 0.3 is 6.09 Å². The molecule has 1 saturated heterocycles. The van der Waals surface area contributed by atoms with E-state index in [0.717, 1.165) is 0 Å². The van der Waals surface area contributed by atoms with Crippen LogP contribution in [0.15, 0.2) is 12.7 Å². The van der Waals surface area contributed by atoms with Gasteiger partial charge in [0.25, 0.3) is 0 Å². The summed E-state index contributed by atoms with van der Waals surface area (Å²) in [6.07, 6.45) is -1.67. The van der Waals surface area contributed by atoms with Gasteiger partial charge in [-0.05, 0) is 34.6 Å². The summed E-state index contributed by atoms with van der Waals surface area (Å²) in [5, 5.41) is 19.8. The molecule has 0 aromatic rings. The minimum atomic E-state index is -1.18. The van der Waals surface area contributed by atoms with Crippen molar-refractivity contribution in [3.05, 3.63) is 12.7 Å². The van der Waals surface area contributed by atoms with Crippen molar-refractivity contribution in [1.29, 1.82) is 0 Å². The van der Waals surface area contributed by atoms with Crippen molar-refractivity contribution in [1.82, 2.24) is 4.90 Å². The fraction of sp³-hybridized carbons (Fsp3) is 0.786. The van der Waals surface area contributed by atoms with Crippen molar-refractivity contribution < 1.29 is 24.5 Å². The monoisotopic (exact) mass is 287 g/mol. The third kappa shape index (κ3) is 3.71. The van der Waals surface area contributed by atoms with Crippen LogP contribution in [0.25, 0.3) is 0 Å². The third-order valence-corrected chi connectivity index (χ3v) is 3.09. The van der Waals surface area contributed by atoms with E-state index in [4.69, 9.17) is 9.47 Å². The van der Waals surface area contributed by atoms with Gasteiger partial charge in [0.15, 0.2) is 0 Å². The summed E-state index contributed by atoms with van der Waals surface area (Å²) in [5.41, 5.74) is -1.56. The molecule has 20 heavy (non-hydrogen) atoms. The molecule has 1 rings (SSSR count). The molecule has 0 unspecified atom stereocenters. The van der Waals surface area contributed by atoms with Gasteiger partial charge in [-0.25, -0.2) is 4.79 Å². The summed E-state index contributed by atoms with van der Waals surface area (Å²) in [6.45, 7) is 12.3. The molecule has 0 radical (unpaired) electrons. The lowest BCUT2D eigenvalue weighted by molar-refractivity contribution is -0.0731. The van der Waals surface area contributed by atoms with Crippen molar-refractivity contribution in [2.75, 3.05) is 6.61 Å². The summed E-state index contributed by atoms with van der Waals surface area (Å²) >= 11 is 0. The second kappa shape index (κ2) is 5.71. The van der Waals surface area contributed by atoms with Crippen molar-refractivity contribution >= 4 is 6.09 Å². The Labute approximate surface area is 120 Å². The van der Waals surface area contributed by atoms with Crippen LogP contribution in [0.2, 0.25) is 0 Å². The topological polar surface area (TPSA) is 79.2 Å². The number of carbonyl (C=O) groups excluding carboxylic acids is 1. The fourth-order valence-corrected chi connectivity index (χ4v) is 2.12. The van der Waals surface area contributed by atoms with E-state index in [2.05, 4.69) is 6.58 Å². The molecule has 6 heteroatoms. The lowest BCUT2D eigenvalue weighted by atomic mass is 10.0. The zero-order valence-corrected chi connectivity index (χ0v) is 12.8. The number of carbonyl (C=O) groups is 1. The quantitative estimate of drug-likeness (QED) is 0.764. The highest BCUT2D eigenvalue weighted by atomic mass is 16.6. The lowest BCUT2D eigenvalue weighted by Gasteiger charge is -2.37. The zero-order chi connectivity index (χ0) is 15.7. The van der Waals surface area contributed by atoms with Crippen molar-refractivity contribution in [3.8, 4) is 0 Å². The van der Waals surface area contributed by atoms with E-state index in [1.54, 1.807) is 34.6 Å². The Morgan fingerprint density at radius 1 is 1.50 bits per heavy atom. The minimum absolute atomic E-state index is 0.123. The van der Waals surface area contributed by atoms with Crippen molar-refractivity contribution in [3.63, 3.8) is 0 Å². The van der Waals surface area contributed by atoms with Gasteiger partial charge in [-0.1, -0.05) is 6.08 Å². The summed E-state index contributed by atoms with van der Waals surface area (Å²) in [7, 11) is 0. The molecule has 0 saturated carbocycles. The molecule has 0 aromatic carbocycles. The fourth-order valence-electron chi connectivity index (χ4n) is 2.12. The molecular weight excluding hydrogens is 262 g/mol. The van der Waals surface area contributed by atoms with Crippen molar-refractivity contribution in [2.45, 2.75) is 64.2 Å². The second-order valence-corrected chi connectivity index (χ2v) is 6.39. The van der Waals surface area contributed by atoms with Crippen LogP contribution >= 0.6 is 0 Å². The molecular formula is C14H25NO5. The summed E-state index contributed by atoms with van der Waals surface area (Å²) < 4.78 is 10.9. The molecule has 0 spiro atoms. The molecule has 1 heterocycles. The number of hydrogen-bond donors (Lipinski definition) is 2. The summed E-state index contributed by atoms with van der Waals surface area (Å²) in [4.78, 5) is 13.6. The Morgan fingerprint density at radius 3 is 2.50 bits per heavy atom. The van der Waals surface area contributed by atoms with E-state index in [0.29, 0.717) is 0 Å². The number of hydrogen-bond acceptors (Lipinski definition) is 5. The van der Waals surface area contributed by atoms with Crippen LogP contribution in [0.5, 0.6) is 0 Å². The Hall–Kier alpha value is -1.11. The Morgan fingerprint density at radius 2 is 2.05 bits per heavy atom. The first-order valence-corrected chi connectivity index (χ1v) is 6.64. The standard InChI is InChI=1S/C14H25NO5/c1-7-10(16)11(17)9-8-19-14(5,6)15(9)12(18)20-13(2,3)4/h7,9-11,16-17H,1,8H2,2-6H3/t9-,10+,11-/m1/s1. The largest absolute Gasteiger partial charge is 0.444 e. The Kier molecular flexibility index (Phi) is 4.84. The van der Waals surface area contributed by atoms with Crippen LogP contribution in [0, 0.1) is 0 Å². The van der Waals surface area contributed by atoms with Crippen LogP contribution in [0.3, 0.4) is 0 Å². The highest BCUT2D eigenvalue weighted by Crippen LogP contribution is 2.31. The van der Waals surface area contributed by atoms with Gasteiger partial charge in [0.05, 0.1) is 18.8 Å². The number of aliphatic hydroxyl groups excluding tert-OH is 2. The number of rotatable bonds is 3. The maximum atomic E-state index is 12.3. The first kappa shape index (κ1) is 16.9. The van der Waals surface area contributed by atoms with Crippen LogP contribution in [0.1, 0.15) is 34.6 Å². The number of amides is 1. The molecule has 6 nitrogen and oxygen atoms in total. The van der Waals surface area contributed by atoms with Crippen LogP contribution in [0.4, 0.5) is 4.79 Å². The molecule has 3 atom stereocenters. The molecule has 1 aliphatic rings. The molecule has 0 aliphatic carbocycles. The van der Waals surface area contributed by atoms with Crippen LogP contribution in [-0.2, 0) is 9.47 Å². The van der Waals surface area contributed by atoms with E-state index in [1.807, 2.05) is 0 Å². The van der Waals surface area contributed by atoms with Gasteiger partial charge in [-0.3, -0.25) is 4.90 Å². The van der Waals surface area contributed by atoms with Crippen LogP contribution < -0.4 is 0 Å². The molecule has 1 fully saturated rings. The predicted molar refractivity (Wildman–Crippen MR) is 74.1 cm³/mol. The average Bonchev–Trinajstić information content (AvgIpc) is 2.60. The number of aliphatic hydroxyl groups is 2.